The molecule has 7 nitrogen and oxygen atoms in total. The number of methoxy groups -OCH3 is 2. The van der Waals surface area contributed by atoms with Crippen LogP contribution in [-0.4, -0.2) is 55.3 Å². The molecule has 0 radical (unpaired) electrons. The van der Waals surface area contributed by atoms with Crippen LogP contribution in [0.15, 0.2) is 18.2 Å². The molecule has 0 saturated carbocycles. The van der Waals surface area contributed by atoms with Crippen molar-refractivity contribution in [1.29, 1.82) is 0 Å². The lowest BCUT2D eigenvalue weighted by atomic mass is 10.2. The van der Waals surface area contributed by atoms with E-state index < -0.39 is 12.0 Å². The van der Waals surface area contributed by atoms with E-state index in [0.717, 1.165) is 0 Å². The van der Waals surface area contributed by atoms with Gasteiger partial charge in [0.05, 0.1) is 27.2 Å². The molecule has 1 aromatic rings. The molecule has 1 amide bonds. The molecular formula is C16H21NO6. The van der Waals surface area contributed by atoms with Gasteiger partial charge in [-0.15, -0.1) is 0 Å². The highest BCUT2D eigenvalue weighted by Crippen LogP contribution is 2.36. The van der Waals surface area contributed by atoms with Crippen molar-refractivity contribution in [1.82, 2.24) is 4.90 Å². The quantitative estimate of drug-likeness (QED) is 0.819. The Labute approximate surface area is 134 Å². The van der Waals surface area contributed by atoms with Gasteiger partial charge in [-0.25, -0.2) is 4.79 Å². The summed E-state index contributed by atoms with van der Waals surface area (Å²) in [5.41, 5.74) is 0. The number of ether oxygens (including phenoxy) is 3. The lowest BCUT2D eigenvalue weighted by Crippen LogP contribution is -2.40. The third kappa shape index (κ3) is 3.85. The van der Waals surface area contributed by atoms with Crippen molar-refractivity contribution in [2.45, 2.75) is 25.3 Å². The Bertz CT molecular complexity index is 574. The van der Waals surface area contributed by atoms with E-state index in [1.165, 1.54) is 19.1 Å². The van der Waals surface area contributed by atoms with Crippen LogP contribution < -0.4 is 14.2 Å². The molecule has 1 aromatic carbocycles. The fourth-order valence-electron chi connectivity index (χ4n) is 2.69. The van der Waals surface area contributed by atoms with Crippen molar-refractivity contribution in [3.8, 4) is 17.2 Å². The number of hydrogen-bond donors (Lipinski definition) is 1. The molecule has 7 heteroatoms. The second kappa shape index (κ2) is 7.71. The zero-order chi connectivity index (χ0) is 16.8. The summed E-state index contributed by atoms with van der Waals surface area (Å²) in [6.07, 6.45) is 1.34. The van der Waals surface area contributed by atoms with Crippen LogP contribution in [0.4, 0.5) is 0 Å². The monoisotopic (exact) mass is 323 g/mol. The molecule has 1 atom stereocenters. The fraction of sp³-hybridized carbons (Fsp3) is 0.500. The Morgan fingerprint density at radius 3 is 2.65 bits per heavy atom. The molecule has 0 aliphatic carbocycles. The summed E-state index contributed by atoms with van der Waals surface area (Å²) in [6, 6.07) is 4.52. The van der Waals surface area contributed by atoms with Crippen molar-refractivity contribution in [3.05, 3.63) is 18.2 Å². The molecule has 1 fully saturated rings. The number of para-hydroxylation sites is 1. The number of amides is 1. The maximum Gasteiger partial charge on any atom is 0.326 e. The smallest absolute Gasteiger partial charge is 0.326 e. The molecule has 126 valence electrons. The third-order valence-electron chi connectivity index (χ3n) is 3.80. The molecule has 1 saturated heterocycles. The van der Waals surface area contributed by atoms with Gasteiger partial charge in [0, 0.05) is 6.54 Å². The number of hydrogen-bond acceptors (Lipinski definition) is 5. The van der Waals surface area contributed by atoms with Gasteiger partial charge in [0.1, 0.15) is 6.04 Å². The van der Waals surface area contributed by atoms with Crippen molar-refractivity contribution in [3.63, 3.8) is 0 Å². The van der Waals surface area contributed by atoms with Crippen molar-refractivity contribution >= 4 is 11.9 Å². The third-order valence-corrected chi connectivity index (χ3v) is 3.80. The Balaban J connectivity index is 1.92. The summed E-state index contributed by atoms with van der Waals surface area (Å²) in [4.78, 5) is 24.7. The zero-order valence-corrected chi connectivity index (χ0v) is 13.3. The fourth-order valence-corrected chi connectivity index (χ4v) is 2.69. The number of carbonyl (C=O) groups is 2. The van der Waals surface area contributed by atoms with E-state index in [0.29, 0.717) is 36.6 Å². The summed E-state index contributed by atoms with van der Waals surface area (Å²) in [5, 5.41) is 9.11. The van der Waals surface area contributed by atoms with Gasteiger partial charge in [-0.05, 0) is 25.0 Å². The molecule has 1 N–H and O–H groups in total. The van der Waals surface area contributed by atoms with Crippen LogP contribution in [0.2, 0.25) is 0 Å². The first-order valence-corrected chi connectivity index (χ1v) is 7.44. The van der Waals surface area contributed by atoms with Crippen LogP contribution in [0.5, 0.6) is 17.2 Å². The zero-order valence-electron chi connectivity index (χ0n) is 13.3. The van der Waals surface area contributed by atoms with Crippen LogP contribution >= 0.6 is 0 Å². The molecule has 1 aliphatic rings. The van der Waals surface area contributed by atoms with Crippen molar-refractivity contribution < 1.29 is 28.9 Å². The molecule has 0 bridgehead atoms. The predicted octanol–water partition coefficient (Wildman–Crippen LogP) is 1.55. The van der Waals surface area contributed by atoms with Crippen molar-refractivity contribution in [2.75, 3.05) is 27.4 Å². The van der Waals surface area contributed by atoms with Crippen LogP contribution in [0.25, 0.3) is 0 Å². The van der Waals surface area contributed by atoms with E-state index in [2.05, 4.69) is 0 Å². The molecule has 2 rings (SSSR count). The van der Waals surface area contributed by atoms with Gasteiger partial charge in [-0.2, -0.15) is 0 Å². The number of benzene rings is 1. The Kier molecular flexibility index (Phi) is 5.67. The minimum absolute atomic E-state index is 0.115. The van der Waals surface area contributed by atoms with E-state index in [1.807, 2.05) is 0 Å². The maximum atomic E-state index is 12.2. The summed E-state index contributed by atoms with van der Waals surface area (Å²) >= 11 is 0. The number of carbonyl (C=O) groups excluding carboxylic acids is 1. The normalized spacial score (nSPS) is 17.0. The molecule has 1 unspecified atom stereocenters. The summed E-state index contributed by atoms with van der Waals surface area (Å²) in [5.74, 6) is 0.327. The molecule has 0 spiro atoms. The average molecular weight is 323 g/mol. The minimum atomic E-state index is -0.953. The second-order valence-corrected chi connectivity index (χ2v) is 5.17. The molecule has 0 aromatic heterocycles. The van der Waals surface area contributed by atoms with Gasteiger partial charge in [0.15, 0.2) is 11.5 Å². The average Bonchev–Trinajstić information content (AvgIpc) is 3.04. The van der Waals surface area contributed by atoms with E-state index >= 15 is 0 Å². The maximum absolute atomic E-state index is 12.2. The van der Waals surface area contributed by atoms with E-state index in [9.17, 15) is 9.59 Å². The van der Waals surface area contributed by atoms with Crippen molar-refractivity contribution in [2.24, 2.45) is 0 Å². The van der Waals surface area contributed by atoms with Gasteiger partial charge in [0.25, 0.3) is 0 Å². The SMILES string of the molecule is COc1cccc(OCCC(=O)N2CCCC2C(=O)O)c1OC. The number of rotatable bonds is 7. The highest BCUT2D eigenvalue weighted by Gasteiger charge is 2.33. The Morgan fingerprint density at radius 2 is 2.00 bits per heavy atom. The van der Waals surface area contributed by atoms with Crippen LogP contribution in [0, 0.1) is 0 Å². The highest BCUT2D eigenvalue weighted by atomic mass is 16.5. The lowest BCUT2D eigenvalue weighted by Gasteiger charge is -2.21. The van der Waals surface area contributed by atoms with Crippen LogP contribution in [0.3, 0.4) is 0 Å². The number of likely N-dealkylation sites (tertiary alicyclic amines) is 1. The largest absolute Gasteiger partial charge is 0.493 e. The van der Waals surface area contributed by atoms with Gasteiger partial charge in [0.2, 0.25) is 11.7 Å². The first-order chi connectivity index (χ1) is 11.1. The highest BCUT2D eigenvalue weighted by molar-refractivity contribution is 5.84. The molecule has 1 heterocycles. The summed E-state index contributed by atoms with van der Waals surface area (Å²) < 4.78 is 16.0. The van der Waals surface area contributed by atoms with Crippen LogP contribution in [-0.2, 0) is 9.59 Å². The first kappa shape index (κ1) is 16.9. The second-order valence-electron chi connectivity index (χ2n) is 5.17. The van der Waals surface area contributed by atoms with Gasteiger partial charge in [-0.3, -0.25) is 4.79 Å². The number of carboxylic acid groups (broad SMARTS) is 1. The Morgan fingerprint density at radius 1 is 1.26 bits per heavy atom. The topological polar surface area (TPSA) is 85.3 Å². The van der Waals surface area contributed by atoms with E-state index in [4.69, 9.17) is 19.3 Å². The van der Waals surface area contributed by atoms with E-state index in [1.54, 1.807) is 18.2 Å². The summed E-state index contributed by atoms with van der Waals surface area (Å²) in [6.45, 7) is 0.628. The Hall–Kier alpha value is -2.44. The predicted molar refractivity (Wildman–Crippen MR) is 82.0 cm³/mol. The number of nitrogens with zero attached hydrogens (tertiary/aromatic N) is 1. The van der Waals surface area contributed by atoms with Gasteiger partial charge >= 0.3 is 5.97 Å². The number of aliphatic carboxylic acids is 1. The van der Waals surface area contributed by atoms with E-state index in [-0.39, 0.29) is 18.9 Å². The van der Waals surface area contributed by atoms with Crippen LogP contribution in [0.1, 0.15) is 19.3 Å². The first-order valence-electron chi connectivity index (χ1n) is 7.44. The minimum Gasteiger partial charge on any atom is -0.493 e. The van der Waals surface area contributed by atoms with Gasteiger partial charge in [-0.1, -0.05) is 6.07 Å². The lowest BCUT2D eigenvalue weighted by molar-refractivity contribution is -0.148. The van der Waals surface area contributed by atoms with Gasteiger partial charge < -0.3 is 24.2 Å². The molecular weight excluding hydrogens is 302 g/mol. The molecule has 23 heavy (non-hydrogen) atoms. The number of carboxylic acids is 1. The standard InChI is InChI=1S/C16H21NO6/c1-21-12-6-3-7-13(15(12)22-2)23-10-8-14(18)17-9-4-5-11(17)16(19)20/h3,6-7,11H,4-5,8-10H2,1-2H3,(H,19,20). The molecule has 1 aliphatic heterocycles. The summed E-state index contributed by atoms with van der Waals surface area (Å²) in [7, 11) is 3.04.